The Kier molecular flexibility index (Phi) is 2.84. The number of rotatable bonds is 1. The summed E-state index contributed by atoms with van der Waals surface area (Å²) in [5.41, 5.74) is 3.96. The summed E-state index contributed by atoms with van der Waals surface area (Å²) < 4.78 is 5.42. The van der Waals surface area contributed by atoms with Gasteiger partial charge in [0.2, 0.25) is 0 Å². The molecular weight excluding hydrogens is 238 g/mol. The lowest BCUT2D eigenvalue weighted by atomic mass is 9.96. The van der Waals surface area contributed by atoms with E-state index in [1.165, 1.54) is 0 Å². The highest BCUT2D eigenvalue weighted by atomic mass is 16.5. The number of carbonyl (C=O) groups excluding carboxylic acids is 1. The highest BCUT2D eigenvalue weighted by molar-refractivity contribution is 6.04. The number of hydrogen-bond acceptors (Lipinski definition) is 2. The van der Waals surface area contributed by atoms with Crippen molar-refractivity contribution in [1.29, 1.82) is 0 Å². The number of para-hydroxylation sites is 1. The second-order valence-electron chi connectivity index (χ2n) is 4.62. The maximum absolute atomic E-state index is 12.5. The van der Waals surface area contributed by atoms with Gasteiger partial charge >= 0.3 is 0 Å². The number of hydrogen-bond donors (Lipinski definition) is 0. The van der Waals surface area contributed by atoms with E-state index in [0.717, 1.165) is 22.4 Å². The molecule has 96 valence electrons. The average Bonchev–Trinajstić information content (AvgIpc) is 2.55. The van der Waals surface area contributed by atoms with Crippen molar-refractivity contribution in [3.63, 3.8) is 0 Å². The van der Waals surface area contributed by atoms with Gasteiger partial charge in [-0.1, -0.05) is 42.5 Å². The predicted molar refractivity (Wildman–Crippen MR) is 75.0 cm³/mol. The van der Waals surface area contributed by atoms with Crippen LogP contribution >= 0.6 is 0 Å². The van der Waals surface area contributed by atoms with Gasteiger partial charge in [-0.25, -0.2) is 0 Å². The van der Waals surface area contributed by atoms with Gasteiger partial charge in [0.25, 0.3) is 5.91 Å². The second kappa shape index (κ2) is 4.52. The Labute approximate surface area is 112 Å². The summed E-state index contributed by atoms with van der Waals surface area (Å²) >= 11 is 0. The molecule has 1 amide bonds. The van der Waals surface area contributed by atoms with Crippen molar-refractivity contribution < 1.29 is 9.53 Å². The molecule has 0 saturated carbocycles. The Morgan fingerprint density at radius 2 is 1.63 bits per heavy atom. The number of fused-ring (bicyclic) bond motifs is 3. The van der Waals surface area contributed by atoms with Crippen molar-refractivity contribution in [2.24, 2.45) is 0 Å². The van der Waals surface area contributed by atoms with Crippen LogP contribution in [-0.4, -0.2) is 20.1 Å². The van der Waals surface area contributed by atoms with Crippen molar-refractivity contribution in [1.82, 2.24) is 0 Å². The lowest BCUT2D eigenvalue weighted by molar-refractivity contribution is -0.128. The predicted octanol–water partition coefficient (Wildman–Crippen LogP) is 3.02. The first kappa shape index (κ1) is 11.9. The summed E-state index contributed by atoms with van der Waals surface area (Å²) in [6.07, 6.45) is -0.548. The highest BCUT2D eigenvalue weighted by Crippen LogP contribution is 2.40. The summed E-state index contributed by atoms with van der Waals surface area (Å²) in [6.45, 7) is 0. The number of benzene rings is 2. The minimum absolute atomic E-state index is 0.0418. The number of nitrogens with zero attached hydrogens (tertiary/aromatic N) is 1. The zero-order valence-corrected chi connectivity index (χ0v) is 11.0. The van der Waals surface area contributed by atoms with Gasteiger partial charge in [-0.3, -0.25) is 4.79 Å². The Balaban J connectivity index is 2.34. The van der Waals surface area contributed by atoms with Crippen molar-refractivity contribution in [3.05, 3.63) is 54.1 Å². The third-order valence-corrected chi connectivity index (χ3v) is 3.59. The number of likely N-dealkylation sites (N-methyl/N-ethyl adjacent to an activating group) is 1. The third kappa shape index (κ3) is 1.74. The fourth-order valence-electron chi connectivity index (χ4n) is 2.62. The molecule has 3 rings (SSSR count). The maximum Gasteiger partial charge on any atom is 0.260 e. The molecule has 2 aromatic carbocycles. The SMILES string of the molecule is COC1C(=O)N(C)c2ccccc2-c2ccccc21. The van der Waals surface area contributed by atoms with E-state index in [0.29, 0.717) is 0 Å². The molecule has 0 spiro atoms. The zero-order chi connectivity index (χ0) is 13.4. The first-order chi connectivity index (χ1) is 9.24. The van der Waals surface area contributed by atoms with Gasteiger partial charge in [-0.2, -0.15) is 0 Å². The molecule has 3 heteroatoms. The quantitative estimate of drug-likeness (QED) is 0.782. The summed E-state index contributed by atoms with van der Waals surface area (Å²) in [5.74, 6) is -0.0418. The molecule has 1 heterocycles. The van der Waals surface area contributed by atoms with Crippen LogP contribution < -0.4 is 4.90 Å². The first-order valence-corrected chi connectivity index (χ1v) is 6.22. The molecule has 0 aromatic heterocycles. The van der Waals surface area contributed by atoms with E-state index < -0.39 is 6.10 Å². The lowest BCUT2D eigenvalue weighted by Gasteiger charge is -2.20. The lowest BCUT2D eigenvalue weighted by Crippen LogP contribution is -2.31. The first-order valence-electron chi connectivity index (χ1n) is 6.22. The summed E-state index contributed by atoms with van der Waals surface area (Å²) in [4.78, 5) is 14.2. The topological polar surface area (TPSA) is 29.5 Å². The Morgan fingerprint density at radius 3 is 2.37 bits per heavy atom. The van der Waals surface area contributed by atoms with Gasteiger partial charge in [-0.15, -0.1) is 0 Å². The van der Waals surface area contributed by atoms with Crippen LogP contribution in [0.2, 0.25) is 0 Å². The standard InChI is InChI=1S/C16H15NO2/c1-17-14-10-6-5-8-12(14)11-7-3-4-9-13(11)15(19-2)16(17)18/h3-10,15H,1-2H3. The van der Waals surface area contributed by atoms with Gasteiger partial charge in [0, 0.05) is 19.7 Å². The Hall–Kier alpha value is -2.13. The van der Waals surface area contributed by atoms with Crippen molar-refractivity contribution >= 4 is 11.6 Å². The van der Waals surface area contributed by atoms with Gasteiger partial charge in [0.05, 0.1) is 5.69 Å². The Morgan fingerprint density at radius 1 is 1.00 bits per heavy atom. The molecule has 2 aromatic rings. The molecule has 1 unspecified atom stereocenters. The van der Waals surface area contributed by atoms with Crippen molar-refractivity contribution in [3.8, 4) is 11.1 Å². The molecule has 0 fully saturated rings. The Bertz CT molecular complexity index is 636. The van der Waals surface area contributed by atoms with Gasteiger partial charge in [0.1, 0.15) is 0 Å². The van der Waals surface area contributed by atoms with E-state index in [-0.39, 0.29) is 5.91 Å². The number of amides is 1. The fraction of sp³-hybridized carbons (Fsp3) is 0.188. The normalized spacial score (nSPS) is 17.7. The van der Waals surface area contributed by atoms with Crippen LogP contribution in [0, 0.1) is 0 Å². The molecular formula is C16H15NO2. The summed E-state index contributed by atoms with van der Waals surface area (Å²) in [7, 11) is 3.36. The molecule has 1 aliphatic heterocycles. The van der Waals surface area contributed by atoms with Crippen LogP contribution in [0.25, 0.3) is 11.1 Å². The van der Waals surface area contributed by atoms with E-state index in [4.69, 9.17) is 4.74 Å². The van der Waals surface area contributed by atoms with E-state index in [1.807, 2.05) is 48.5 Å². The fourth-order valence-corrected chi connectivity index (χ4v) is 2.62. The van der Waals surface area contributed by atoms with E-state index in [9.17, 15) is 4.79 Å². The molecule has 0 bridgehead atoms. The molecule has 0 saturated heterocycles. The van der Waals surface area contributed by atoms with Crippen LogP contribution in [0.15, 0.2) is 48.5 Å². The number of anilines is 1. The van der Waals surface area contributed by atoms with Crippen LogP contribution in [0.3, 0.4) is 0 Å². The smallest absolute Gasteiger partial charge is 0.260 e. The van der Waals surface area contributed by atoms with Crippen molar-refractivity contribution in [2.75, 3.05) is 19.1 Å². The molecule has 19 heavy (non-hydrogen) atoms. The van der Waals surface area contributed by atoms with Crippen LogP contribution in [0.5, 0.6) is 0 Å². The molecule has 1 aliphatic rings. The van der Waals surface area contributed by atoms with Gasteiger partial charge in [-0.05, 0) is 17.2 Å². The summed E-state index contributed by atoms with van der Waals surface area (Å²) in [5, 5.41) is 0. The van der Waals surface area contributed by atoms with Crippen LogP contribution in [0.4, 0.5) is 5.69 Å². The van der Waals surface area contributed by atoms with Gasteiger partial charge in [0.15, 0.2) is 6.10 Å². The molecule has 3 nitrogen and oxygen atoms in total. The van der Waals surface area contributed by atoms with Crippen LogP contribution in [-0.2, 0) is 9.53 Å². The monoisotopic (exact) mass is 253 g/mol. The minimum Gasteiger partial charge on any atom is -0.367 e. The zero-order valence-electron chi connectivity index (χ0n) is 11.0. The van der Waals surface area contributed by atoms with E-state index >= 15 is 0 Å². The average molecular weight is 253 g/mol. The molecule has 0 N–H and O–H groups in total. The molecule has 0 aliphatic carbocycles. The van der Waals surface area contributed by atoms with E-state index in [1.54, 1.807) is 19.1 Å². The third-order valence-electron chi connectivity index (χ3n) is 3.59. The second-order valence-corrected chi connectivity index (χ2v) is 4.62. The minimum atomic E-state index is -0.548. The van der Waals surface area contributed by atoms with Crippen LogP contribution in [0.1, 0.15) is 11.7 Å². The highest BCUT2D eigenvalue weighted by Gasteiger charge is 2.31. The number of ether oxygens (including phenoxy) is 1. The maximum atomic E-state index is 12.5. The molecule has 0 radical (unpaired) electrons. The number of methoxy groups -OCH3 is 1. The summed E-state index contributed by atoms with van der Waals surface area (Å²) in [6, 6.07) is 15.8. The number of carbonyl (C=O) groups is 1. The molecule has 1 atom stereocenters. The van der Waals surface area contributed by atoms with Gasteiger partial charge < -0.3 is 9.64 Å². The van der Waals surface area contributed by atoms with E-state index in [2.05, 4.69) is 0 Å². The largest absolute Gasteiger partial charge is 0.367 e. The van der Waals surface area contributed by atoms with Crippen molar-refractivity contribution in [2.45, 2.75) is 6.10 Å².